The third-order valence-corrected chi connectivity index (χ3v) is 4.70. The smallest absolute Gasteiger partial charge is 0.311 e. The first-order valence-corrected chi connectivity index (χ1v) is 9.59. The van der Waals surface area contributed by atoms with E-state index in [-0.39, 0.29) is 29.1 Å². The van der Waals surface area contributed by atoms with Crippen LogP contribution in [0.25, 0.3) is 0 Å². The summed E-state index contributed by atoms with van der Waals surface area (Å²) in [4.78, 5) is 23.6. The lowest BCUT2D eigenvalue weighted by atomic mass is 10.1. The molecular weight excluding hydrogens is 376 g/mol. The van der Waals surface area contributed by atoms with E-state index in [2.05, 4.69) is 10.4 Å². The molecule has 1 atom stereocenters. The Hall–Kier alpha value is -2.94. The molecule has 2 aromatic rings. The van der Waals surface area contributed by atoms with E-state index in [4.69, 9.17) is 9.47 Å². The molecule has 0 saturated carbocycles. The van der Waals surface area contributed by atoms with Gasteiger partial charge in [0.2, 0.25) is 11.6 Å². The van der Waals surface area contributed by atoms with Gasteiger partial charge in [0.1, 0.15) is 0 Å². The van der Waals surface area contributed by atoms with E-state index < -0.39 is 10.5 Å². The Morgan fingerprint density at radius 2 is 2.14 bits per heavy atom. The van der Waals surface area contributed by atoms with Crippen LogP contribution in [0.4, 0.5) is 5.69 Å². The van der Waals surface area contributed by atoms with Crippen molar-refractivity contribution in [3.63, 3.8) is 0 Å². The Labute approximate surface area is 169 Å². The molecule has 2 heterocycles. The van der Waals surface area contributed by atoms with Crippen LogP contribution in [0.2, 0.25) is 0 Å². The number of rotatable bonds is 6. The maximum atomic E-state index is 12.7. The van der Waals surface area contributed by atoms with Gasteiger partial charge in [-0.3, -0.25) is 14.9 Å². The first-order chi connectivity index (χ1) is 13.7. The normalized spacial score (nSPS) is 16.6. The van der Waals surface area contributed by atoms with Crippen LogP contribution in [-0.4, -0.2) is 39.9 Å². The molecule has 29 heavy (non-hydrogen) atoms. The third kappa shape index (κ3) is 4.56. The summed E-state index contributed by atoms with van der Waals surface area (Å²) in [5.41, 5.74) is 0.0869. The van der Waals surface area contributed by atoms with Crippen molar-refractivity contribution in [3.8, 4) is 11.6 Å². The zero-order chi connectivity index (χ0) is 21.2. The van der Waals surface area contributed by atoms with Gasteiger partial charge in [-0.2, -0.15) is 5.10 Å². The van der Waals surface area contributed by atoms with Crippen molar-refractivity contribution in [2.24, 2.45) is 0 Å². The third-order valence-electron chi connectivity index (χ3n) is 4.70. The summed E-state index contributed by atoms with van der Waals surface area (Å²) in [5, 5.41) is 18.7. The number of hydrogen-bond donors (Lipinski definition) is 1. The molecule has 0 unspecified atom stereocenters. The molecule has 1 aromatic carbocycles. The molecule has 0 bridgehead atoms. The number of carbonyl (C=O) groups is 1. The van der Waals surface area contributed by atoms with Gasteiger partial charge in [0.15, 0.2) is 5.69 Å². The summed E-state index contributed by atoms with van der Waals surface area (Å²) < 4.78 is 13.0. The number of nitrogens with zero attached hydrogens (tertiary/aromatic N) is 3. The standard InChI is InChI=1S/C20H26N4O5/c1-13-17(18(25)21-12-14-8-7-11-28-14)22-23(20(2,3)4)19(13)29-16-10-6-5-9-15(16)24(26)27/h5-6,9-10,14H,7-8,11-12H2,1-4H3,(H,21,25)/t14-/m0/s1. The molecule has 0 radical (unpaired) electrons. The Bertz CT molecular complexity index is 910. The van der Waals surface area contributed by atoms with Crippen molar-refractivity contribution in [2.75, 3.05) is 13.2 Å². The van der Waals surface area contributed by atoms with Crippen LogP contribution >= 0.6 is 0 Å². The number of nitrogens with one attached hydrogen (secondary N) is 1. The second-order valence-corrected chi connectivity index (χ2v) is 8.03. The molecule has 1 amide bonds. The number of hydrogen-bond acceptors (Lipinski definition) is 6. The molecule has 9 nitrogen and oxygen atoms in total. The quantitative estimate of drug-likeness (QED) is 0.585. The van der Waals surface area contributed by atoms with Gasteiger partial charge < -0.3 is 14.8 Å². The van der Waals surface area contributed by atoms with Gasteiger partial charge in [0.05, 0.1) is 16.6 Å². The highest BCUT2D eigenvalue weighted by molar-refractivity contribution is 5.94. The summed E-state index contributed by atoms with van der Waals surface area (Å²) in [6.07, 6.45) is 1.93. The summed E-state index contributed by atoms with van der Waals surface area (Å²) >= 11 is 0. The zero-order valence-corrected chi connectivity index (χ0v) is 17.1. The van der Waals surface area contributed by atoms with Gasteiger partial charge >= 0.3 is 5.69 Å². The van der Waals surface area contributed by atoms with Crippen molar-refractivity contribution in [3.05, 3.63) is 45.6 Å². The molecule has 1 fully saturated rings. The Kier molecular flexibility index (Phi) is 5.88. The lowest BCUT2D eigenvalue weighted by Crippen LogP contribution is -2.32. The van der Waals surface area contributed by atoms with Crippen molar-refractivity contribution < 1.29 is 19.2 Å². The lowest BCUT2D eigenvalue weighted by molar-refractivity contribution is -0.385. The van der Waals surface area contributed by atoms with Crippen LogP contribution in [0.15, 0.2) is 24.3 Å². The zero-order valence-electron chi connectivity index (χ0n) is 17.1. The van der Waals surface area contributed by atoms with E-state index >= 15 is 0 Å². The van der Waals surface area contributed by atoms with E-state index in [1.54, 1.807) is 23.7 Å². The Morgan fingerprint density at radius 3 is 2.76 bits per heavy atom. The lowest BCUT2D eigenvalue weighted by Gasteiger charge is -2.22. The first kappa shape index (κ1) is 20.8. The van der Waals surface area contributed by atoms with Crippen molar-refractivity contribution >= 4 is 11.6 Å². The number of para-hydroxylation sites is 2. The second kappa shape index (κ2) is 8.20. The predicted octanol–water partition coefficient (Wildman–Crippen LogP) is 3.56. The SMILES string of the molecule is Cc1c(C(=O)NC[C@@H]2CCCO2)nn(C(C)(C)C)c1Oc1ccccc1[N+](=O)[O-]. The van der Waals surface area contributed by atoms with Gasteiger partial charge in [-0.25, -0.2) is 4.68 Å². The number of nitro benzene ring substituents is 1. The van der Waals surface area contributed by atoms with E-state index in [0.717, 1.165) is 12.8 Å². The summed E-state index contributed by atoms with van der Waals surface area (Å²) in [6, 6.07) is 6.12. The van der Waals surface area contributed by atoms with Crippen LogP contribution in [0.3, 0.4) is 0 Å². The highest BCUT2D eigenvalue weighted by Gasteiger charge is 2.29. The van der Waals surface area contributed by atoms with Gasteiger partial charge in [-0.15, -0.1) is 0 Å². The number of ether oxygens (including phenoxy) is 2. The largest absolute Gasteiger partial charge is 0.432 e. The van der Waals surface area contributed by atoms with Crippen molar-refractivity contribution in [1.82, 2.24) is 15.1 Å². The number of aromatic nitrogens is 2. The van der Waals surface area contributed by atoms with Gasteiger partial charge in [0.25, 0.3) is 5.91 Å². The van der Waals surface area contributed by atoms with E-state index in [9.17, 15) is 14.9 Å². The van der Waals surface area contributed by atoms with E-state index in [0.29, 0.717) is 24.6 Å². The highest BCUT2D eigenvalue weighted by atomic mass is 16.6. The van der Waals surface area contributed by atoms with Crippen LogP contribution in [-0.2, 0) is 10.3 Å². The average molecular weight is 402 g/mol. The molecule has 1 aliphatic heterocycles. The Morgan fingerprint density at radius 1 is 1.41 bits per heavy atom. The molecular formula is C20H26N4O5. The van der Waals surface area contributed by atoms with Crippen LogP contribution in [0, 0.1) is 17.0 Å². The first-order valence-electron chi connectivity index (χ1n) is 9.59. The van der Waals surface area contributed by atoms with Crippen LogP contribution in [0.5, 0.6) is 11.6 Å². The fraction of sp³-hybridized carbons (Fsp3) is 0.500. The molecule has 1 aromatic heterocycles. The van der Waals surface area contributed by atoms with Gasteiger partial charge in [0, 0.05) is 24.8 Å². The summed E-state index contributed by atoms with van der Waals surface area (Å²) in [5.74, 6) is 0.0693. The molecule has 0 aliphatic carbocycles. The van der Waals surface area contributed by atoms with Crippen molar-refractivity contribution in [2.45, 2.75) is 52.2 Å². The number of amides is 1. The van der Waals surface area contributed by atoms with Crippen LogP contribution in [0.1, 0.15) is 49.7 Å². The summed E-state index contributed by atoms with van der Waals surface area (Å²) in [7, 11) is 0. The molecule has 3 rings (SSSR count). The highest BCUT2D eigenvalue weighted by Crippen LogP contribution is 2.36. The van der Waals surface area contributed by atoms with Gasteiger partial charge in [-0.1, -0.05) is 12.1 Å². The van der Waals surface area contributed by atoms with E-state index in [1.165, 1.54) is 12.1 Å². The molecule has 1 aliphatic rings. The minimum Gasteiger partial charge on any atom is -0.432 e. The molecule has 0 spiro atoms. The molecule has 1 saturated heterocycles. The molecule has 9 heteroatoms. The average Bonchev–Trinajstić information content (AvgIpc) is 3.28. The second-order valence-electron chi connectivity index (χ2n) is 8.03. The fourth-order valence-electron chi connectivity index (χ4n) is 3.16. The molecule has 156 valence electrons. The fourth-order valence-corrected chi connectivity index (χ4v) is 3.16. The number of carbonyl (C=O) groups excluding carboxylic acids is 1. The minimum atomic E-state index is -0.503. The summed E-state index contributed by atoms with van der Waals surface area (Å²) in [6.45, 7) is 8.60. The topological polar surface area (TPSA) is 109 Å². The van der Waals surface area contributed by atoms with Gasteiger partial charge in [-0.05, 0) is 46.6 Å². The number of benzene rings is 1. The minimum absolute atomic E-state index is 0.0200. The van der Waals surface area contributed by atoms with Crippen molar-refractivity contribution in [1.29, 1.82) is 0 Å². The van der Waals surface area contributed by atoms with Crippen LogP contribution < -0.4 is 10.1 Å². The maximum Gasteiger partial charge on any atom is 0.311 e. The predicted molar refractivity (Wildman–Crippen MR) is 106 cm³/mol. The van der Waals surface area contributed by atoms with E-state index in [1.807, 2.05) is 20.8 Å². The number of nitro groups is 1. The maximum absolute atomic E-state index is 12.7. The molecule has 1 N–H and O–H groups in total. The Balaban J connectivity index is 1.92. The monoisotopic (exact) mass is 402 g/mol.